The van der Waals surface area contributed by atoms with Gasteiger partial charge in [0.1, 0.15) is 19.4 Å². The maximum Gasteiger partial charge on any atom is 0.243 e. The number of hydrogen-bond donors (Lipinski definition) is 7. The molecular formula is C27H41N7O9. The van der Waals surface area contributed by atoms with Crippen molar-refractivity contribution in [2.24, 2.45) is 5.73 Å². The molecule has 0 fully saturated rings. The number of nitrogens with one attached hydrogen (secondary N) is 6. The van der Waals surface area contributed by atoms with E-state index in [0.717, 1.165) is 18.4 Å². The van der Waals surface area contributed by atoms with Gasteiger partial charge in [-0.25, -0.2) is 0 Å². The van der Waals surface area contributed by atoms with Gasteiger partial charge in [-0.15, -0.1) is 0 Å². The lowest BCUT2D eigenvalue weighted by atomic mass is 10.1. The Morgan fingerprint density at radius 2 is 1.42 bits per heavy atom. The van der Waals surface area contributed by atoms with Gasteiger partial charge in [0.15, 0.2) is 0 Å². The van der Waals surface area contributed by atoms with E-state index in [9.17, 15) is 33.6 Å². The normalized spacial score (nSPS) is 11.0. The van der Waals surface area contributed by atoms with Gasteiger partial charge in [0.05, 0.1) is 32.8 Å². The second kappa shape index (κ2) is 23.0. The van der Waals surface area contributed by atoms with Crippen LogP contribution < -0.4 is 37.6 Å². The maximum absolute atomic E-state index is 12.8. The predicted molar refractivity (Wildman–Crippen MR) is 153 cm³/mol. The SMILES string of the molecule is NC(=O)COCCOCNC(=O)CNC(=O)[C@H](Cc1ccccc1)NC(=O)CNC(=O)CNC(=O)CCCCCNC=O. The van der Waals surface area contributed by atoms with Crippen LogP contribution >= 0.6 is 0 Å². The fourth-order valence-corrected chi connectivity index (χ4v) is 3.41. The highest BCUT2D eigenvalue weighted by molar-refractivity contribution is 5.92. The molecule has 1 atom stereocenters. The number of amides is 7. The Bertz CT molecular complexity index is 1040. The summed E-state index contributed by atoms with van der Waals surface area (Å²) in [6.07, 6.45) is 3.06. The summed E-state index contributed by atoms with van der Waals surface area (Å²) in [7, 11) is 0. The van der Waals surface area contributed by atoms with Gasteiger partial charge < -0.3 is 47.1 Å². The quantitative estimate of drug-likeness (QED) is 0.0359. The summed E-state index contributed by atoms with van der Waals surface area (Å²) in [5.41, 5.74) is 5.69. The van der Waals surface area contributed by atoms with E-state index in [0.29, 0.717) is 19.4 Å². The van der Waals surface area contributed by atoms with Crippen LogP contribution in [0, 0.1) is 0 Å². The fraction of sp³-hybridized carbons (Fsp3) is 0.519. The van der Waals surface area contributed by atoms with Crippen LogP contribution in [-0.2, 0) is 49.5 Å². The van der Waals surface area contributed by atoms with Crippen molar-refractivity contribution < 1.29 is 43.0 Å². The molecule has 1 rings (SSSR count). The first kappa shape index (κ1) is 36.5. The lowest BCUT2D eigenvalue weighted by molar-refractivity contribution is -0.131. The van der Waals surface area contributed by atoms with Crippen molar-refractivity contribution in [3.05, 3.63) is 35.9 Å². The molecule has 0 radical (unpaired) electrons. The third-order valence-electron chi connectivity index (χ3n) is 5.55. The van der Waals surface area contributed by atoms with Crippen molar-refractivity contribution in [2.75, 3.05) is 52.7 Å². The van der Waals surface area contributed by atoms with Crippen LogP contribution in [0.2, 0.25) is 0 Å². The zero-order valence-corrected chi connectivity index (χ0v) is 24.0. The Labute approximate surface area is 249 Å². The summed E-state index contributed by atoms with van der Waals surface area (Å²) in [6.45, 7) is -0.771. The van der Waals surface area contributed by atoms with Crippen LogP contribution in [0.25, 0.3) is 0 Å². The van der Waals surface area contributed by atoms with Crippen LogP contribution in [0.5, 0.6) is 0 Å². The van der Waals surface area contributed by atoms with E-state index < -0.39 is 42.1 Å². The number of hydrogen-bond acceptors (Lipinski definition) is 9. The molecule has 0 heterocycles. The van der Waals surface area contributed by atoms with Crippen molar-refractivity contribution >= 4 is 41.9 Å². The number of benzene rings is 1. The third-order valence-corrected chi connectivity index (χ3v) is 5.55. The Balaban J connectivity index is 2.42. The Hall–Kier alpha value is -4.57. The molecule has 0 saturated carbocycles. The van der Waals surface area contributed by atoms with Gasteiger partial charge in [-0.3, -0.25) is 33.6 Å². The van der Waals surface area contributed by atoms with Crippen LogP contribution in [0.1, 0.15) is 31.2 Å². The van der Waals surface area contributed by atoms with Crippen LogP contribution in [0.4, 0.5) is 0 Å². The fourth-order valence-electron chi connectivity index (χ4n) is 3.41. The highest BCUT2D eigenvalue weighted by Gasteiger charge is 2.22. The molecule has 16 nitrogen and oxygen atoms in total. The minimum absolute atomic E-state index is 0.106. The number of rotatable bonds is 24. The minimum Gasteiger partial charge on any atom is -0.369 e. The molecule has 0 unspecified atom stereocenters. The van der Waals surface area contributed by atoms with Gasteiger partial charge >= 0.3 is 0 Å². The summed E-state index contributed by atoms with van der Waals surface area (Å²) in [6, 6.07) is 7.86. The highest BCUT2D eigenvalue weighted by atomic mass is 16.5. The monoisotopic (exact) mass is 607 g/mol. The molecule has 8 N–H and O–H groups in total. The Morgan fingerprint density at radius 3 is 2.14 bits per heavy atom. The van der Waals surface area contributed by atoms with E-state index >= 15 is 0 Å². The summed E-state index contributed by atoms with van der Waals surface area (Å²) in [5, 5.41) is 14.8. The van der Waals surface area contributed by atoms with Gasteiger partial charge in [0, 0.05) is 19.4 Å². The standard InChI is InChI=1S/C27H41N7O9/c28-22(36)17-42-11-12-43-19-33-25(39)15-32-27(41)21(13-20-7-3-1-4-8-20)34-26(40)16-31-24(38)14-30-23(37)9-5-2-6-10-29-18-35/h1,3-4,7-8,18,21H,2,5-6,9-17,19H2,(H2,28,36)(H,29,35)(H,30,37)(H,31,38)(H,32,41)(H,33,39)(H,34,40)/t21-/m0/s1. The average Bonchev–Trinajstić information content (AvgIpc) is 2.99. The molecular weight excluding hydrogens is 566 g/mol. The summed E-state index contributed by atoms with van der Waals surface area (Å²) in [5.74, 6) is -3.31. The van der Waals surface area contributed by atoms with Crippen molar-refractivity contribution in [2.45, 2.75) is 38.1 Å². The molecule has 238 valence electrons. The van der Waals surface area contributed by atoms with Gasteiger partial charge in [-0.1, -0.05) is 36.8 Å². The van der Waals surface area contributed by atoms with E-state index in [4.69, 9.17) is 15.2 Å². The van der Waals surface area contributed by atoms with Gasteiger partial charge in [0.2, 0.25) is 41.9 Å². The van der Waals surface area contributed by atoms with Crippen LogP contribution in [-0.4, -0.2) is 101 Å². The van der Waals surface area contributed by atoms with E-state index in [-0.39, 0.29) is 58.4 Å². The summed E-state index contributed by atoms with van der Waals surface area (Å²) >= 11 is 0. The van der Waals surface area contributed by atoms with E-state index in [1.165, 1.54) is 0 Å². The lowest BCUT2D eigenvalue weighted by Gasteiger charge is -2.19. The van der Waals surface area contributed by atoms with Gasteiger partial charge in [-0.05, 0) is 18.4 Å². The zero-order valence-electron chi connectivity index (χ0n) is 24.0. The number of ether oxygens (including phenoxy) is 2. The van der Waals surface area contributed by atoms with Gasteiger partial charge in [0.25, 0.3) is 0 Å². The first-order valence-corrected chi connectivity index (χ1v) is 13.7. The van der Waals surface area contributed by atoms with Crippen molar-refractivity contribution in [1.82, 2.24) is 31.9 Å². The highest BCUT2D eigenvalue weighted by Crippen LogP contribution is 2.04. The Kier molecular flexibility index (Phi) is 19.5. The van der Waals surface area contributed by atoms with Crippen molar-refractivity contribution in [1.29, 1.82) is 0 Å². The first-order valence-electron chi connectivity index (χ1n) is 13.7. The number of carbonyl (C=O) groups excluding carboxylic acids is 7. The molecule has 0 aliphatic carbocycles. The molecule has 0 aromatic heterocycles. The van der Waals surface area contributed by atoms with Crippen molar-refractivity contribution in [3.63, 3.8) is 0 Å². The second-order valence-corrected chi connectivity index (χ2v) is 9.14. The Morgan fingerprint density at radius 1 is 0.767 bits per heavy atom. The smallest absolute Gasteiger partial charge is 0.243 e. The number of nitrogens with two attached hydrogens (primary N) is 1. The largest absolute Gasteiger partial charge is 0.369 e. The first-order chi connectivity index (χ1) is 20.7. The second-order valence-electron chi connectivity index (χ2n) is 9.14. The maximum atomic E-state index is 12.8. The number of unbranched alkanes of at least 4 members (excludes halogenated alkanes) is 2. The molecule has 0 saturated heterocycles. The molecule has 16 heteroatoms. The predicted octanol–water partition coefficient (Wildman–Crippen LogP) is -3.04. The van der Waals surface area contributed by atoms with E-state index in [1.54, 1.807) is 30.3 Å². The lowest BCUT2D eigenvalue weighted by Crippen LogP contribution is -2.52. The molecule has 0 spiro atoms. The van der Waals surface area contributed by atoms with E-state index in [1.807, 2.05) is 0 Å². The zero-order chi connectivity index (χ0) is 31.7. The molecule has 1 aromatic carbocycles. The van der Waals surface area contributed by atoms with Crippen LogP contribution in [0.15, 0.2) is 30.3 Å². The minimum atomic E-state index is -1.04. The van der Waals surface area contributed by atoms with E-state index in [2.05, 4.69) is 31.9 Å². The van der Waals surface area contributed by atoms with Crippen LogP contribution in [0.3, 0.4) is 0 Å². The van der Waals surface area contributed by atoms with Gasteiger partial charge in [-0.2, -0.15) is 0 Å². The summed E-state index contributed by atoms with van der Waals surface area (Å²) < 4.78 is 10.0. The number of primary amides is 1. The molecule has 0 bridgehead atoms. The topological polar surface area (TPSA) is 236 Å². The third kappa shape index (κ3) is 20.0. The summed E-state index contributed by atoms with van der Waals surface area (Å²) in [4.78, 5) is 82.1. The molecule has 0 aliphatic heterocycles. The molecule has 1 aromatic rings. The average molecular weight is 608 g/mol. The molecule has 0 aliphatic rings. The van der Waals surface area contributed by atoms with Crippen molar-refractivity contribution in [3.8, 4) is 0 Å². The molecule has 7 amide bonds. The molecule has 43 heavy (non-hydrogen) atoms. The number of carbonyl (C=O) groups is 7.